The van der Waals surface area contributed by atoms with Crippen molar-refractivity contribution in [1.29, 1.82) is 0 Å². The van der Waals surface area contributed by atoms with Crippen molar-refractivity contribution < 1.29 is 19.1 Å². The lowest BCUT2D eigenvalue weighted by molar-refractivity contribution is 0.0693. The fourth-order valence-electron chi connectivity index (χ4n) is 4.88. The van der Waals surface area contributed by atoms with Crippen molar-refractivity contribution >= 4 is 16.9 Å². The van der Waals surface area contributed by atoms with Gasteiger partial charge in [0.05, 0.1) is 37.9 Å². The van der Waals surface area contributed by atoms with Gasteiger partial charge in [-0.1, -0.05) is 6.07 Å². The Morgan fingerprint density at radius 1 is 1.18 bits per heavy atom. The van der Waals surface area contributed by atoms with Crippen LogP contribution in [0.5, 0.6) is 5.75 Å². The minimum Gasteiger partial charge on any atom is -0.496 e. The molecular weight excluding hydrogens is 418 g/mol. The van der Waals surface area contributed by atoms with Gasteiger partial charge in [-0.3, -0.25) is 9.88 Å². The highest BCUT2D eigenvalue weighted by Gasteiger charge is 2.24. The SMILES string of the molecule is COc1ccc(CN2CCC(c3cn(Cc4ccoc4)c4cnccc34)CC2)cc1C(=O)O. The number of hydrogen-bond acceptors (Lipinski definition) is 5. The van der Waals surface area contributed by atoms with E-state index in [2.05, 4.69) is 26.7 Å². The van der Waals surface area contributed by atoms with Gasteiger partial charge >= 0.3 is 5.97 Å². The quantitative estimate of drug-likeness (QED) is 0.442. The predicted octanol–water partition coefficient (Wildman–Crippen LogP) is 4.76. The number of piperidine rings is 1. The third-order valence-electron chi connectivity index (χ3n) is 6.58. The molecule has 4 heterocycles. The fraction of sp³-hybridized carbons (Fsp3) is 0.308. The molecule has 7 nitrogen and oxygen atoms in total. The van der Waals surface area contributed by atoms with E-state index < -0.39 is 5.97 Å². The second kappa shape index (κ2) is 9.11. The molecular formula is C26H27N3O4. The lowest BCUT2D eigenvalue weighted by atomic mass is 9.89. The molecule has 170 valence electrons. The van der Waals surface area contributed by atoms with Crippen LogP contribution < -0.4 is 4.74 Å². The van der Waals surface area contributed by atoms with Crippen molar-refractivity contribution in [2.75, 3.05) is 20.2 Å². The van der Waals surface area contributed by atoms with Crippen molar-refractivity contribution in [3.05, 3.63) is 83.7 Å². The highest BCUT2D eigenvalue weighted by atomic mass is 16.5. The first-order chi connectivity index (χ1) is 16.1. The number of carboxylic acid groups (broad SMARTS) is 1. The Labute approximate surface area is 192 Å². The lowest BCUT2D eigenvalue weighted by Crippen LogP contribution is -2.32. The number of carboxylic acids is 1. The van der Waals surface area contributed by atoms with Gasteiger partial charge in [0.25, 0.3) is 0 Å². The van der Waals surface area contributed by atoms with Gasteiger partial charge in [-0.05, 0) is 67.2 Å². The Morgan fingerprint density at radius 2 is 2.03 bits per heavy atom. The summed E-state index contributed by atoms with van der Waals surface area (Å²) < 4.78 is 12.7. The Hall–Kier alpha value is -3.58. The smallest absolute Gasteiger partial charge is 0.339 e. The molecule has 1 aliphatic heterocycles. The van der Waals surface area contributed by atoms with Crippen LogP contribution in [0.4, 0.5) is 0 Å². The Bertz CT molecular complexity index is 1250. The van der Waals surface area contributed by atoms with Crippen molar-refractivity contribution in [3.8, 4) is 5.75 Å². The van der Waals surface area contributed by atoms with Crippen LogP contribution in [0, 0.1) is 0 Å². The molecule has 1 N–H and O–H groups in total. The number of aromatic carboxylic acids is 1. The molecule has 1 aliphatic rings. The minimum atomic E-state index is -0.964. The first-order valence-electron chi connectivity index (χ1n) is 11.2. The summed E-state index contributed by atoms with van der Waals surface area (Å²) in [7, 11) is 1.49. The zero-order valence-electron chi connectivity index (χ0n) is 18.6. The average Bonchev–Trinajstić information content (AvgIpc) is 3.48. The summed E-state index contributed by atoms with van der Waals surface area (Å²) in [5.74, 6) is -0.0813. The molecule has 7 heteroatoms. The van der Waals surface area contributed by atoms with Crippen LogP contribution in [0.15, 0.2) is 65.9 Å². The maximum absolute atomic E-state index is 11.5. The average molecular weight is 446 g/mol. The molecule has 0 amide bonds. The van der Waals surface area contributed by atoms with Gasteiger partial charge in [0, 0.05) is 29.9 Å². The first kappa shape index (κ1) is 21.3. The van der Waals surface area contributed by atoms with Gasteiger partial charge in [0.1, 0.15) is 11.3 Å². The Balaban J connectivity index is 1.30. The number of methoxy groups -OCH3 is 1. The molecule has 0 radical (unpaired) electrons. The third-order valence-corrected chi connectivity index (χ3v) is 6.58. The molecule has 5 rings (SSSR count). The second-order valence-electron chi connectivity index (χ2n) is 8.63. The highest BCUT2D eigenvalue weighted by Crippen LogP contribution is 2.35. The van der Waals surface area contributed by atoms with E-state index in [1.807, 2.05) is 24.5 Å². The zero-order chi connectivity index (χ0) is 22.8. The fourth-order valence-corrected chi connectivity index (χ4v) is 4.88. The monoisotopic (exact) mass is 445 g/mol. The Kier molecular flexibility index (Phi) is 5.88. The van der Waals surface area contributed by atoms with Crippen molar-refractivity contribution in [2.24, 2.45) is 0 Å². The largest absolute Gasteiger partial charge is 0.496 e. The van der Waals surface area contributed by atoms with E-state index >= 15 is 0 Å². The van der Waals surface area contributed by atoms with Gasteiger partial charge in [0.15, 0.2) is 0 Å². The summed E-state index contributed by atoms with van der Waals surface area (Å²) in [5.41, 5.74) is 4.87. The molecule has 0 spiro atoms. The number of fused-ring (bicyclic) bond motifs is 1. The molecule has 0 atom stereocenters. The van der Waals surface area contributed by atoms with Crippen LogP contribution in [-0.2, 0) is 13.1 Å². The van der Waals surface area contributed by atoms with Gasteiger partial charge in [-0.2, -0.15) is 0 Å². The Morgan fingerprint density at radius 3 is 2.76 bits per heavy atom. The number of carbonyl (C=O) groups is 1. The van der Waals surface area contributed by atoms with E-state index in [4.69, 9.17) is 9.15 Å². The van der Waals surface area contributed by atoms with E-state index in [0.29, 0.717) is 11.7 Å². The minimum absolute atomic E-state index is 0.212. The van der Waals surface area contributed by atoms with Gasteiger partial charge in [0.2, 0.25) is 0 Å². The number of aromatic nitrogens is 2. The van der Waals surface area contributed by atoms with Crippen LogP contribution in [0.1, 0.15) is 45.8 Å². The van der Waals surface area contributed by atoms with Crippen LogP contribution in [-0.4, -0.2) is 45.7 Å². The van der Waals surface area contributed by atoms with Crippen LogP contribution in [0.25, 0.3) is 10.9 Å². The van der Waals surface area contributed by atoms with E-state index in [1.54, 1.807) is 24.7 Å². The molecule has 1 saturated heterocycles. The summed E-state index contributed by atoms with van der Waals surface area (Å²) in [4.78, 5) is 18.3. The summed E-state index contributed by atoms with van der Waals surface area (Å²) in [6.07, 6.45) is 11.7. The van der Waals surface area contributed by atoms with Crippen LogP contribution in [0.3, 0.4) is 0 Å². The number of nitrogens with zero attached hydrogens (tertiary/aromatic N) is 3. The van der Waals surface area contributed by atoms with Crippen molar-refractivity contribution in [2.45, 2.75) is 31.8 Å². The normalized spacial score (nSPS) is 15.2. The lowest BCUT2D eigenvalue weighted by Gasteiger charge is -2.32. The summed E-state index contributed by atoms with van der Waals surface area (Å²) in [6, 6.07) is 9.54. The maximum atomic E-state index is 11.5. The number of rotatable bonds is 7. The van der Waals surface area contributed by atoms with Crippen molar-refractivity contribution in [3.63, 3.8) is 0 Å². The summed E-state index contributed by atoms with van der Waals surface area (Å²) in [6.45, 7) is 3.45. The highest BCUT2D eigenvalue weighted by molar-refractivity contribution is 5.91. The standard InChI is InChI=1S/C26H27N3O4/c1-32-25-3-2-18(12-22(25)26(30)31)14-28-9-5-20(6-10-28)23-16-29(15-19-7-11-33-17-19)24-13-27-8-4-21(23)24/h2-4,7-8,11-13,16-17,20H,5-6,9-10,14-15H2,1H3,(H,30,31). The van der Waals surface area contributed by atoms with Gasteiger partial charge < -0.3 is 18.8 Å². The first-order valence-corrected chi connectivity index (χ1v) is 11.2. The number of ether oxygens (including phenoxy) is 1. The van der Waals surface area contributed by atoms with E-state index in [0.717, 1.165) is 55.7 Å². The third kappa shape index (κ3) is 4.36. The number of likely N-dealkylation sites (tertiary alicyclic amines) is 1. The summed E-state index contributed by atoms with van der Waals surface area (Å²) in [5, 5.41) is 10.7. The predicted molar refractivity (Wildman–Crippen MR) is 125 cm³/mol. The molecule has 0 unspecified atom stereocenters. The van der Waals surface area contributed by atoms with Crippen LogP contribution >= 0.6 is 0 Å². The molecule has 1 aromatic carbocycles. The van der Waals surface area contributed by atoms with E-state index in [-0.39, 0.29) is 5.56 Å². The molecule has 0 aliphatic carbocycles. The maximum Gasteiger partial charge on any atom is 0.339 e. The number of benzene rings is 1. The van der Waals surface area contributed by atoms with Crippen molar-refractivity contribution in [1.82, 2.24) is 14.5 Å². The molecule has 33 heavy (non-hydrogen) atoms. The summed E-state index contributed by atoms with van der Waals surface area (Å²) >= 11 is 0. The zero-order valence-corrected chi connectivity index (χ0v) is 18.6. The van der Waals surface area contributed by atoms with E-state index in [9.17, 15) is 9.90 Å². The topological polar surface area (TPSA) is 80.7 Å². The van der Waals surface area contributed by atoms with Gasteiger partial charge in [-0.25, -0.2) is 4.79 Å². The van der Waals surface area contributed by atoms with Gasteiger partial charge in [-0.15, -0.1) is 0 Å². The number of pyridine rings is 1. The molecule has 3 aromatic heterocycles. The number of furan rings is 1. The molecule has 0 saturated carbocycles. The van der Waals surface area contributed by atoms with E-state index in [1.165, 1.54) is 18.1 Å². The second-order valence-corrected chi connectivity index (χ2v) is 8.63. The molecule has 0 bridgehead atoms. The molecule has 4 aromatic rings. The number of hydrogen-bond donors (Lipinski definition) is 1. The molecule has 1 fully saturated rings. The van der Waals surface area contributed by atoms with Crippen LogP contribution in [0.2, 0.25) is 0 Å².